The van der Waals surface area contributed by atoms with E-state index in [0.717, 1.165) is 48.6 Å². The molecule has 3 heterocycles. The van der Waals surface area contributed by atoms with E-state index in [1.165, 1.54) is 0 Å². The van der Waals surface area contributed by atoms with E-state index in [0.29, 0.717) is 6.54 Å². The third kappa shape index (κ3) is 3.18. The number of carbonyl (C=O) groups excluding carboxylic acids is 2. The molecule has 0 bridgehead atoms. The Morgan fingerprint density at radius 1 is 1.36 bits per heavy atom. The average Bonchev–Trinajstić information content (AvgIpc) is 3.19. The lowest BCUT2D eigenvalue weighted by Gasteiger charge is -2.32. The van der Waals surface area contributed by atoms with Gasteiger partial charge in [0.05, 0.1) is 5.56 Å². The highest BCUT2D eigenvalue weighted by Crippen LogP contribution is 2.28. The summed E-state index contributed by atoms with van der Waals surface area (Å²) in [5, 5.41) is 6.85. The standard InChI is InChI=1S/C18H25N5O2/c1-4-23-11(2)8-14(12(23)3)18(25)22-7-5-6-13(10-22)15-9-16(17(19)24)21-20-15/h8-9,13H,4-7,10H2,1-3H3,(H2,19,24)(H,20,21)/t13-/m1/s1. The molecule has 1 aliphatic heterocycles. The summed E-state index contributed by atoms with van der Waals surface area (Å²) in [6.45, 7) is 8.34. The lowest BCUT2D eigenvalue weighted by atomic mass is 9.94. The first kappa shape index (κ1) is 17.3. The normalized spacial score (nSPS) is 17.7. The van der Waals surface area contributed by atoms with E-state index in [1.54, 1.807) is 6.07 Å². The van der Waals surface area contributed by atoms with Gasteiger partial charge in [0.15, 0.2) is 0 Å². The molecule has 2 aromatic heterocycles. The van der Waals surface area contributed by atoms with Gasteiger partial charge in [-0.05, 0) is 45.7 Å². The molecule has 0 aromatic carbocycles. The Morgan fingerprint density at radius 2 is 2.12 bits per heavy atom. The van der Waals surface area contributed by atoms with Crippen molar-refractivity contribution in [3.8, 4) is 0 Å². The number of nitrogens with zero attached hydrogens (tertiary/aromatic N) is 3. The zero-order valence-corrected chi connectivity index (χ0v) is 15.0. The van der Waals surface area contributed by atoms with E-state index < -0.39 is 5.91 Å². The van der Waals surface area contributed by atoms with Crippen LogP contribution >= 0.6 is 0 Å². The van der Waals surface area contributed by atoms with Gasteiger partial charge in [0.2, 0.25) is 0 Å². The first-order valence-corrected chi connectivity index (χ1v) is 8.73. The molecule has 0 aliphatic carbocycles. The molecule has 25 heavy (non-hydrogen) atoms. The molecule has 3 N–H and O–H groups in total. The van der Waals surface area contributed by atoms with Crippen LogP contribution in [0, 0.1) is 13.8 Å². The smallest absolute Gasteiger partial charge is 0.269 e. The molecule has 134 valence electrons. The van der Waals surface area contributed by atoms with E-state index in [-0.39, 0.29) is 17.5 Å². The molecule has 3 rings (SSSR count). The van der Waals surface area contributed by atoms with Gasteiger partial charge >= 0.3 is 0 Å². The number of primary amides is 1. The minimum Gasteiger partial charge on any atom is -0.364 e. The van der Waals surface area contributed by atoms with E-state index in [1.807, 2.05) is 24.8 Å². The van der Waals surface area contributed by atoms with Crippen LogP contribution in [-0.2, 0) is 6.54 Å². The van der Waals surface area contributed by atoms with Crippen LogP contribution in [0.3, 0.4) is 0 Å². The summed E-state index contributed by atoms with van der Waals surface area (Å²) in [5.74, 6) is -0.321. The van der Waals surface area contributed by atoms with Crippen molar-refractivity contribution in [2.75, 3.05) is 13.1 Å². The van der Waals surface area contributed by atoms with Gasteiger partial charge in [0, 0.05) is 42.6 Å². The monoisotopic (exact) mass is 343 g/mol. The first-order chi connectivity index (χ1) is 11.9. The summed E-state index contributed by atoms with van der Waals surface area (Å²) in [7, 11) is 0. The molecule has 1 aliphatic rings. The second-order valence-electron chi connectivity index (χ2n) is 6.69. The number of aromatic nitrogens is 3. The van der Waals surface area contributed by atoms with Crippen molar-refractivity contribution in [3.63, 3.8) is 0 Å². The SMILES string of the molecule is CCn1c(C)cc(C(=O)N2CCC[C@@H](c3cc(C(N)=O)n[nH]3)C2)c1C. The Bertz CT molecular complexity index is 804. The van der Waals surface area contributed by atoms with E-state index >= 15 is 0 Å². The number of amides is 2. The van der Waals surface area contributed by atoms with E-state index in [4.69, 9.17) is 5.73 Å². The van der Waals surface area contributed by atoms with Gasteiger partial charge < -0.3 is 15.2 Å². The van der Waals surface area contributed by atoms with Gasteiger partial charge in [-0.25, -0.2) is 0 Å². The molecule has 2 amide bonds. The third-order valence-electron chi connectivity index (χ3n) is 5.12. The van der Waals surface area contributed by atoms with Crippen molar-refractivity contribution >= 4 is 11.8 Å². The van der Waals surface area contributed by atoms with Gasteiger partial charge in [0.1, 0.15) is 5.69 Å². The minimum absolute atomic E-state index is 0.0761. The predicted octanol–water partition coefficient (Wildman–Crippen LogP) is 1.97. The van der Waals surface area contributed by atoms with Gasteiger partial charge in [-0.15, -0.1) is 0 Å². The van der Waals surface area contributed by atoms with Crippen molar-refractivity contribution in [1.29, 1.82) is 0 Å². The topological polar surface area (TPSA) is 97.0 Å². The molecular weight excluding hydrogens is 318 g/mol. The molecule has 1 fully saturated rings. The van der Waals surface area contributed by atoms with Crippen molar-refractivity contribution < 1.29 is 9.59 Å². The quantitative estimate of drug-likeness (QED) is 0.888. The van der Waals surface area contributed by atoms with Crippen LogP contribution in [-0.4, -0.2) is 44.6 Å². The Labute approximate surface area is 147 Å². The number of aromatic amines is 1. The lowest BCUT2D eigenvalue weighted by molar-refractivity contribution is 0.0704. The second kappa shape index (κ2) is 6.74. The van der Waals surface area contributed by atoms with Gasteiger partial charge in [-0.2, -0.15) is 5.10 Å². The number of likely N-dealkylation sites (tertiary alicyclic amines) is 1. The number of hydrogen-bond donors (Lipinski definition) is 2. The highest BCUT2D eigenvalue weighted by atomic mass is 16.2. The summed E-state index contributed by atoms with van der Waals surface area (Å²) in [6, 6.07) is 3.68. The lowest BCUT2D eigenvalue weighted by Crippen LogP contribution is -2.39. The van der Waals surface area contributed by atoms with Gasteiger partial charge in [-0.1, -0.05) is 0 Å². The Morgan fingerprint density at radius 3 is 2.72 bits per heavy atom. The molecule has 7 heteroatoms. The average molecular weight is 343 g/mol. The van der Waals surface area contributed by atoms with Crippen molar-refractivity contribution in [3.05, 3.63) is 40.5 Å². The zero-order valence-electron chi connectivity index (χ0n) is 15.0. The summed E-state index contributed by atoms with van der Waals surface area (Å²) >= 11 is 0. The fourth-order valence-corrected chi connectivity index (χ4v) is 3.76. The van der Waals surface area contributed by atoms with Gasteiger partial charge in [0.25, 0.3) is 11.8 Å². The molecule has 0 spiro atoms. The Hall–Kier alpha value is -2.57. The van der Waals surface area contributed by atoms with E-state index in [2.05, 4.69) is 21.7 Å². The summed E-state index contributed by atoms with van der Waals surface area (Å²) in [5.41, 5.74) is 9.28. The van der Waals surface area contributed by atoms with Crippen molar-refractivity contribution in [2.24, 2.45) is 5.73 Å². The first-order valence-electron chi connectivity index (χ1n) is 8.73. The predicted molar refractivity (Wildman–Crippen MR) is 94.6 cm³/mol. The number of aryl methyl sites for hydroxylation is 1. The number of rotatable bonds is 4. The van der Waals surface area contributed by atoms with Crippen LogP contribution in [0.4, 0.5) is 0 Å². The van der Waals surface area contributed by atoms with Crippen LogP contribution in [0.15, 0.2) is 12.1 Å². The molecule has 1 saturated heterocycles. The molecule has 0 saturated carbocycles. The van der Waals surface area contributed by atoms with Crippen molar-refractivity contribution in [1.82, 2.24) is 19.7 Å². The maximum absolute atomic E-state index is 13.0. The molecule has 0 radical (unpaired) electrons. The molecule has 1 atom stereocenters. The Balaban J connectivity index is 1.78. The highest BCUT2D eigenvalue weighted by Gasteiger charge is 2.28. The number of carbonyl (C=O) groups is 2. The van der Waals surface area contributed by atoms with Crippen LogP contribution < -0.4 is 5.73 Å². The van der Waals surface area contributed by atoms with Gasteiger partial charge in [-0.3, -0.25) is 14.7 Å². The zero-order chi connectivity index (χ0) is 18.1. The number of H-pyrrole nitrogens is 1. The van der Waals surface area contributed by atoms with Crippen LogP contribution in [0.2, 0.25) is 0 Å². The maximum atomic E-state index is 13.0. The second-order valence-corrected chi connectivity index (χ2v) is 6.69. The molecule has 7 nitrogen and oxygen atoms in total. The summed E-state index contributed by atoms with van der Waals surface area (Å²) < 4.78 is 2.16. The van der Waals surface area contributed by atoms with Crippen LogP contribution in [0.25, 0.3) is 0 Å². The largest absolute Gasteiger partial charge is 0.364 e. The maximum Gasteiger partial charge on any atom is 0.269 e. The molecular formula is C18H25N5O2. The number of hydrogen-bond acceptors (Lipinski definition) is 3. The van der Waals surface area contributed by atoms with E-state index in [9.17, 15) is 9.59 Å². The Kier molecular flexibility index (Phi) is 4.65. The minimum atomic E-state index is -0.543. The summed E-state index contributed by atoms with van der Waals surface area (Å²) in [6.07, 6.45) is 1.88. The van der Waals surface area contributed by atoms with Crippen molar-refractivity contribution in [2.45, 2.75) is 46.1 Å². The van der Waals surface area contributed by atoms with Crippen LogP contribution in [0.5, 0.6) is 0 Å². The number of nitrogens with one attached hydrogen (secondary N) is 1. The highest BCUT2D eigenvalue weighted by molar-refractivity contribution is 5.96. The summed E-state index contributed by atoms with van der Waals surface area (Å²) in [4.78, 5) is 26.1. The molecule has 0 unspecified atom stereocenters. The number of nitrogens with two attached hydrogens (primary N) is 1. The fraction of sp³-hybridized carbons (Fsp3) is 0.500. The third-order valence-corrected chi connectivity index (χ3v) is 5.12. The molecule has 2 aromatic rings. The fourth-order valence-electron chi connectivity index (χ4n) is 3.76. The number of piperidine rings is 1. The van der Waals surface area contributed by atoms with Crippen LogP contribution in [0.1, 0.15) is 63.6 Å².